The Kier molecular flexibility index (Phi) is 6.35. The van der Waals surface area contributed by atoms with Crippen molar-refractivity contribution >= 4 is 15.7 Å². The number of sulfone groups is 1. The second-order valence-electron chi connectivity index (χ2n) is 7.11. The number of nitriles is 1. The van der Waals surface area contributed by atoms with E-state index in [1.165, 1.54) is 12.1 Å². The maximum atomic E-state index is 13.1. The number of anilines is 1. The smallest absolute Gasteiger partial charge is 0.422 e. The Morgan fingerprint density at radius 3 is 2.32 bits per heavy atom. The van der Waals surface area contributed by atoms with Crippen molar-refractivity contribution in [2.45, 2.75) is 30.1 Å². The summed E-state index contributed by atoms with van der Waals surface area (Å²) in [5.41, 5.74) is 0.576. The summed E-state index contributed by atoms with van der Waals surface area (Å²) in [6.07, 6.45) is -2.70. The Morgan fingerprint density at radius 2 is 1.81 bits per heavy atom. The third-order valence-electron chi connectivity index (χ3n) is 4.79. The molecule has 166 valence electrons. The first kappa shape index (κ1) is 22.7. The van der Waals surface area contributed by atoms with Crippen LogP contribution in [0.25, 0.3) is 0 Å². The van der Waals surface area contributed by atoms with Gasteiger partial charge in [-0.3, -0.25) is 0 Å². The lowest BCUT2D eigenvalue weighted by atomic mass is 9.89. The van der Waals surface area contributed by atoms with Gasteiger partial charge < -0.3 is 9.64 Å². The molecule has 1 aromatic carbocycles. The van der Waals surface area contributed by atoms with E-state index < -0.39 is 33.7 Å². The molecule has 1 aliphatic heterocycles. The molecular weight excluding hydrogens is 440 g/mol. The minimum absolute atomic E-state index is 0.0901. The van der Waals surface area contributed by atoms with Crippen LogP contribution in [0.3, 0.4) is 0 Å². The lowest BCUT2D eigenvalue weighted by molar-refractivity contribution is -0.154. The van der Waals surface area contributed by atoms with Gasteiger partial charge in [0.1, 0.15) is 11.9 Å². The SMILES string of the molecule is CS(=O)(=O)c1nc(OCC(F)(F)F)c(C#N)c(N2CCC(c3ccc(F)cc3)CC2)n1. The maximum Gasteiger partial charge on any atom is 0.422 e. The minimum atomic E-state index is -4.70. The summed E-state index contributed by atoms with van der Waals surface area (Å²) >= 11 is 0. The van der Waals surface area contributed by atoms with E-state index in [-0.39, 0.29) is 23.1 Å². The number of hydrogen-bond acceptors (Lipinski definition) is 7. The average Bonchev–Trinajstić information content (AvgIpc) is 2.71. The van der Waals surface area contributed by atoms with Crippen LogP contribution in [0.5, 0.6) is 5.88 Å². The van der Waals surface area contributed by atoms with Gasteiger partial charge >= 0.3 is 6.18 Å². The van der Waals surface area contributed by atoms with Crippen molar-refractivity contribution in [2.75, 3.05) is 30.9 Å². The van der Waals surface area contributed by atoms with Gasteiger partial charge in [-0.2, -0.15) is 28.4 Å². The Hall–Kier alpha value is -2.94. The molecule has 2 aromatic rings. The quantitative estimate of drug-likeness (QED) is 0.501. The van der Waals surface area contributed by atoms with Crippen LogP contribution in [0.1, 0.15) is 29.9 Å². The zero-order chi connectivity index (χ0) is 22.8. The number of benzene rings is 1. The van der Waals surface area contributed by atoms with Crippen LogP contribution in [0.15, 0.2) is 29.4 Å². The summed E-state index contributed by atoms with van der Waals surface area (Å²) < 4.78 is 79.5. The summed E-state index contributed by atoms with van der Waals surface area (Å²) in [6, 6.07) is 7.83. The van der Waals surface area contributed by atoms with Gasteiger partial charge in [0.05, 0.1) is 0 Å². The van der Waals surface area contributed by atoms with Crippen LogP contribution in [-0.4, -0.2) is 50.5 Å². The normalized spacial score (nSPS) is 15.5. The topological polar surface area (TPSA) is 96.2 Å². The van der Waals surface area contributed by atoms with Crippen LogP contribution in [0, 0.1) is 17.1 Å². The molecule has 0 spiro atoms. The Bertz CT molecular complexity index is 1090. The molecule has 1 fully saturated rings. The molecule has 1 aliphatic rings. The first-order valence-electron chi connectivity index (χ1n) is 9.20. The van der Waals surface area contributed by atoms with E-state index in [0.29, 0.717) is 25.9 Å². The third kappa shape index (κ3) is 5.61. The van der Waals surface area contributed by atoms with E-state index in [1.54, 1.807) is 23.1 Å². The molecule has 3 rings (SSSR count). The molecule has 0 N–H and O–H groups in total. The van der Waals surface area contributed by atoms with E-state index in [0.717, 1.165) is 11.8 Å². The van der Waals surface area contributed by atoms with Crippen molar-refractivity contribution < 1.29 is 30.7 Å². The lowest BCUT2D eigenvalue weighted by Crippen LogP contribution is -2.34. The number of ether oxygens (including phenoxy) is 1. The average molecular weight is 458 g/mol. The van der Waals surface area contributed by atoms with Crippen molar-refractivity contribution in [3.63, 3.8) is 0 Å². The molecule has 12 heteroatoms. The molecule has 0 radical (unpaired) electrons. The van der Waals surface area contributed by atoms with Crippen LogP contribution in [0.2, 0.25) is 0 Å². The van der Waals surface area contributed by atoms with Gasteiger partial charge in [-0.15, -0.1) is 0 Å². The number of piperidine rings is 1. The van der Waals surface area contributed by atoms with Gasteiger partial charge in [-0.25, -0.2) is 12.8 Å². The first-order chi connectivity index (χ1) is 14.5. The highest BCUT2D eigenvalue weighted by Gasteiger charge is 2.32. The molecule has 0 bridgehead atoms. The van der Waals surface area contributed by atoms with E-state index in [1.807, 2.05) is 0 Å². The lowest BCUT2D eigenvalue weighted by Gasteiger charge is -2.33. The largest absolute Gasteiger partial charge is 0.467 e. The second-order valence-corrected chi connectivity index (χ2v) is 9.02. The van der Waals surface area contributed by atoms with Crippen molar-refractivity contribution in [3.8, 4) is 11.9 Å². The maximum absolute atomic E-state index is 13.1. The van der Waals surface area contributed by atoms with Gasteiger partial charge in [0.25, 0.3) is 5.16 Å². The zero-order valence-corrected chi connectivity index (χ0v) is 17.2. The number of nitrogens with zero attached hydrogens (tertiary/aromatic N) is 4. The van der Waals surface area contributed by atoms with Crippen LogP contribution < -0.4 is 9.64 Å². The van der Waals surface area contributed by atoms with Gasteiger partial charge in [0, 0.05) is 19.3 Å². The number of alkyl halides is 3. The summed E-state index contributed by atoms with van der Waals surface area (Å²) in [4.78, 5) is 9.11. The summed E-state index contributed by atoms with van der Waals surface area (Å²) in [7, 11) is -3.98. The van der Waals surface area contributed by atoms with Crippen LogP contribution in [0.4, 0.5) is 23.4 Å². The summed E-state index contributed by atoms with van der Waals surface area (Å²) in [5.74, 6) is -1.06. The highest BCUT2D eigenvalue weighted by atomic mass is 32.2. The minimum Gasteiger partial charge on any atom is -0.467 e. The van der Waals surface area contributed by atoms with E-state index >= 15 is 0 Å². The molecular formula is C19H18F4N4O3S. The van der Waals surface area contributed by atoms with Crippen molar-refractivity contribution in [2.24, 2.45) is 0 Å². The Morgan fingerprint density at radius 1 is 1.19 bits per heavy atom. The number of aromatic nitrogens is 2. The molecule has 31 heavy (non-hydrogen) atoms. The van der Waals surface area contributed by atoms with E-state index in [4.69, 9.17) is 0 Å². The van der Waals surface area contributed by atoms with Crippen molar-refractivity contribution in [1.82, 2.24) is 9.97 Å². The van der Waals surface area contributed by atoms with Crippen molar-refractivity contribution in [1.29, 1.82) is 5.26 Å². The molecule has 0 unspecified atom stereocenters. The zero-order valence-electron chi connectivity index (χ0n) is 16.4. The molecule has 0 atom stereocenters. The van der Waals surface area contributed by atoms with Crippen molar-refractivity contribution in [3.05, 3.63) is 41.2 Å². The molecule has 7 nitrogen and oxygen atoms in total. The molecule has 0 aliphatic carbocycles. The Balaban J connectivity index is 1.90. The summed E-state index contributed by atoms with van der Waals surface area (Å²) in [5, 5.41) is 8.78. The monoisotopic (exact) mass is 458 g/mol. The first-order valence-corrected chi connectivity index (χ1v) is 11.1. The predicted octanol–water partition coefficient (Wildman–Crippen LogP) is 3.22. The Labute approximate surface area is 176 Å². The second kappa shape index (κ2) is 8.66. The van der Waals surface area contributed by atoms with Crippen LogP contribution >= 0.6 is 0 Å². The summed E-state index contributed by atoms with van der Waals surface area (Å²) in [6.45, 7) is -1.01. The molecule has 1 aromatic heterocycles. The van der Waals surface area contributed by atoms with E-state index in [9.17, 15) is 31.2 Å². The molecule has 0 saturated carbocycles. The fraction of sp³-hybridized carbons (Fsp3) is 0.421. The molecule has 0 amide bonds. The molecule has 2 heterocycles. The van der Waals surface area contributed by atoms with E-state index in [2.05, 4.69) is 14.7 Å². The highest BCUT2D eigenvalue weighted by molar-refractivity contribution is 7.90. The van der Waals surface area contributed by atoms with Gasteiger partial charge in [-0.1, -0.05) is 12.1 Å². The molecule has 1 saturated heterocycles. The van der Waals surface area contributed by atoms with Gasteiger partial charge in [0.15, 0.2) is 18.0 Å². The van der Waals surface area contributed by atoms with Crippen LogP contribution in [-0.2, 0) is 9.84 Å². The fourth-order valence-corrected chi connectivity index (χ4v) is 3.82. The standard InChI is InChI=1S/C19H18F4N4O3S/c1-31(28,29)18-25-16(15(10-24)17(26-18)30-11-19(21,22)23)27-8-6-13(7-9-27)12-2-4-14(20)5-3-12/h2-5,13H,6-9,11H2,1H3. The fourth-order valence-electron chi connectivity index (χ4n) is 3.32. The number of rotatable bonds is 5. The van der Waals surface area contributed by atoms with Gasteiger partial charge in [-0.05, 0) is 36.5 Å². The highest BCUT2D eigenvalue weighted by Crippen LogP contribution is 2.34. The third-order valence-corrected chi connectivity index (χ3v) is 5.63. The van der Waals surface area contributed by atoms with Gasteiger partial charge in [0.2, 0.25) is 15.7 Å². The number of hydrogen-bond donors (Lipinski definition) is 0. The predicted molar refractivity (Wildman–Crippen MR) is 102 cm³/mol. The number of halogens is 4.